The summed E-state index contributed by atoms with van der Waals surface area (Å²) in [6, 6.07) is 12.6. The molecule has 0 aliphatic carbocycles. The lowest BCUT2D eigenvalue weighted by molar-refractivity contribution is 0.476. The molecule has 0 unspecified atom stereocenters. The van der Waals surface area contributed by atoms with Crippen molar-refractivity contribution in [3.05, 3.63) is 67.7 Å². The van der Waals surface area contributed by atoms with Crippen molar-refractivity contribution in [1.82, 2.24) is 9.55 Å². The highest BCUT2D eigenvalue weighted by Gasteiger charge is 2.19. The molecule has 4 aromatic rings. The van der Waals surface area contributed by atoms with Crippen LogP contribution in [0.25, 0.3) is 27.8 Å². The van der Waals surface area contributed by atoms with E-state index in [1.54, 1.807) is 28.1 Å². The van der Waals surface area contributed by atoms with Gasteiger partial charge in [0.2, 0.25) is 0 Å². The fourth-order valence-electron chi connectivity index (χ4n) is 2.97. The Hall–Kier alpha value is -3.52. The van der Waals surface area contributed by atoms with Gasteiger partial charge in [-0.1, -0.05) is 23.7 Å². The zero-order valence-electron chi connectivity index (χ0n) is 13.5. The van der Waals surface area contributed by atoms with E-state index >= 15 is 0 Å². The lowest BCUT2D eigenvalue weighted by Crippen LogP contribution is -2.10. The maximum absolute atomic E-state index is 11.9. The molecule has 2 N–H and O–H groups in total. The number of aromatic amines is 1. The summed E-state index contributed by atoms with van der Waals surface area (Å²) in [5, 5.41) is 32.7. The molecule has 4 rings (SSSR count). The number of hydrogen-bond donors (Lipinski definition) is 2. The highest BCUT2D eigenvalue weighted by Crippen LogP contribution is 2.34. The molecule has 27 heavy (non-hydrogen) atoms. The number of nitrogens with one attached hydrogen (secondary N) is 1. The second-order valence-corrected chi connectivity index (χ2v) is 6.84. The summed E-state index contributed by atoms with van der Waals surface area (Å²) in [4.78, 5) is 14.4. The molecule has 6 nitrogen and oxygen atoms in total. The number of H-pyrrole nitrogens is 1. The molecule has 0 radical (unpaired) electrons. The number of fused-ring (bicyclic) bond motifs is 1. The van der Waals surface area contributed by atoms with E-state index in [2.05, 4.69) is 11.1 Å². The van der Waals surface area contributed by atoms with Crippen molar-refractivity contribution in [3.8, 4) is 34.7 Å². The van der Waals surface area contributed by atoms with Crippen molar-refractivity contribution < 1.29 is 5.11 Å². The van der Waals surface area contributed by atoms with E-state index in [1.165, 1.54) is 17.4 Å². The van der Waals surface area contributed by atoms with Gasteiger partial charge < -0.3 is 10.1 Å². The fraction of sp³-hybridized carbons (Fsp3) is 0. The number of nitrogens with zero attached hydrogens (tertiary/aromatic N) is 3. The highest BCUT2D eigenvalue weighted by molar-refractivity contribution is 7.08. The summed E-state index contributed by atoms with van der Waals surface area (Å²) in [7, 11) is 0. The number of hydrogen-bond acceptors (Lipinski definition) is 5. The number of aromatic nitrogens is 2. The molecule has 0 spiro atoms. The third-order valence-corrected chi connectivity index (χ3v) is 5.24. The van der Waals surface area contributed by atoms with Crippen LogP contribution in [-0.4, -0.2) is 14.7 Å². The topological polar surface area (TPSA) is 106 Å². The Bertz CT molecular complexity index is 1330. The van der Waals surface area contributed by atoms with Crippen LogP contribution < -0.4 is 5.56 Å². The van der Waals surface area contributed by atoms with E-state index in [1.807, 2.05) is 17.5 Å². The number of aromatic hydroxyl groups is 1. The Balaban J connectivity index is 1.91. The largest absolute Gasteiger partial charge is 0.504 e. The van der Waals surface area contributed by atoms with Crippen molar-refractivity contribution in [2.75, 3.05) is 0 Å². The molecule has 3 aromatic heterocycles. The van der Waals surface area contributed by atoms with Crippen molar-refractivity contribution in [2.45, 2.75) is 0 Å². The summed E-state index contributed by atoms with van der Waals surface area (Å²) in [5.41, 5.74) is 2.49. The second kappa shape index (κ2) is 6.33. The van der Waals surface area contributed by atoms with E-state index in [0.29, 0.717) is 16.8 Å². The maximum Gasteiger partial charge on any atom is 0.270 e. The number of benzene rings is 1. The summed E-state index contributed by atoms with van der Waals surface area (Å²) >= 11 is 7.77. The van der Waals surface area contributed by atoms with Gasteiger partial charge in [0.05, 0.1) is 11.1 Å². The predicted molar refractivity (Wildman–Crippen MR) is 103 cm³/mol. The molecule has 0 fully saturated rings. The zero-order chi connectivity index (χ0) is 19.1. The smallest absolute Gasteiger partial charge is 0.270 e. The van der Waals surface area contributed by atoms with Crippen LogP contribution in [0.15, 0.2) is 45.9 Å². The molecule has 0 atom stereocenters. The average molecular weight is 393 g/mol. The van der Waals surface area contributed by atoms with Crippen molar-refractivity contribution in [3.63, 3.8) is 0 Å². The number of halogens is 1. The normalized spacial score (nSPS) is 10.6. The van der Waals surface area contributed by atoms with Gasteiger partial charge >= 0.3 is 0 Å². The van der Waals surface area contributed by atoms with Gasteiger partial charge in [-0.05, 0) is 29.1 Å². The van der Waals surface area contributed by atoms with Crippen LogP contribution in [0.3, 0.4) is 0 Å². The lowest BCUT2D eigenvalue weighted by Gasteiger charge is -2.10. The number of thiophene rings is 1. The molecule has 0 aliphatic heterocycles. The monoisotopic (exact) mass is 392 g/mol. The molecule has 3 heterocycles. The molecule has 8 heteroatoms. The highest BCUT2D eigenvalue weighted by atomic mass is 35.5. The van der Waals surface area contributed by atoms with Crippen LogP contribution in [0.2, 0.25) is 5.15 Å². The van der Waals surface area contributed by atoms with E-state index in [-0.39, 0.29) is 16.2 Å². The molecule has 0 amide bonds. The van der Waals surface area contributed by atoms with Gasteiger partial charge in [-0.15, -0.1) is 0 Å². The van der Waals surface area contributed by atoms with Gasteiger partial charge in [0.1, 0.15) is 22.8 Å². The first kappa shape index (κ1) is 16.9. The van der Waals surface area contributed by atoms with Crippen molar-refractivity contribution in [2.24, 2.45) is 0 Å². The quantitative estimate of drug-likeness (QED) is 0.534. The van der Waals surface area contributed by atoms with Gasteiger partial charge in [-0.2, -0.15) is 21.9 Å². The minimum Gasteiger partial charge on any atom is -0.504 e. The molecule has 0 aliphatic rings. The Labute approximate surface area is 161 Å². The lowest BCUT2D eigenvalue weighted by atomic mass is 10.1. The third-order valence-electron chi connectivity index (χ3n) is 4.22. The zero-order valence-corrected chi connectivity index (χ0v) is 15.1. The second-order valence-electron chi connectivity index (χ2n) is 5.71. The molecule has 0 saturated carbocycles. The summed E-state index contributed by atoms with van der Waals surface area (Å²) in [6.45, 7) is 0. The van der Waals surface area contributed by atoms with Gasteiger partial charge in [0.25, 0.3) is 5.56 Å². The molecule has 0 saturated heterocycles. The molecule has 0 bridgehead atoms. The summed E-state index contributed by atoms with van der Waals surface area (Å²) in [5.74, 6) is -0.420. The van der Waals surface area contributed by atoms with E-state index in [0.717, 1.165) is 11.1 Å². The van der Waals surface area contributed by atoms with Crippen molar-refractivity contribution >= 4 is 34.0 Å². The minimum absolute atomic E-state index is 0.247. The van der Waals surface area contributed by atoms with E-state index < -0.39 is 11.3 Å². The van der Waals surface area contributed by atoms with E-state index in [9.17, 15) is 15.2 Å². The first-order valence-corrected chi connectivity index (χ1v) is 9.00. The Morgan fingerprint density at radius 3 is 2.56 bits per heavy atom. The first-order chi connectivity index (χ1) is 13.0. The van der Waals surface area contributed by atoms with Crippen LogP contribution in [0.1, 0.15) is 11.1 Å². The molecule has 130 valence electrons. The van der Waals surface area contributed by atoms with Crippen LogP contribution in [-0.2, 0) is 0 Å². The molecule has 1 aromatic carbocycles. The van der Waals surface area contributed by atoms with Crippen LogP contribution in [0.4, 0.5) is 0 Å². The number of pyridine rings is 1. The third kappa shape index (κ3) is 2.58. The van der Waals surface area contributed by atoms with E-state index in [4.69, 9.17) is 16.9 Å². The SMILES string of the molecule is N#Cc1cscc1-c1ccc(-n2c(Cl)cc3[nH]c(=O)c(C#N)c(O)c32)cc1. The van der Waals surface area contributed by atoms with Gasteiger partial charge in [0, 0.05) is 16.6 Å². The Morgan fingerprint density at radius 1 is 1.15 bits per heavy atom. The average Bonchev–Trinajstić information content (AvgIpc) is 3.26. The Kier molecular flexibility index (Phi) is 3.97. The Morgan fingerprint density at radius 2 is 1.89 bits per heavy atom. The van der Waals surface area contributed by atoms with Gasteiger partial charge in [0.15, 0.2) is 11.3 Å². The molecular formula is C19H9ClN4O2S. The minimum atomic E-state index is -0.673. The maximum atomic E-state index is 11.9. The van der Waals surface area contributed by atoms with Crippen molar-refractivity contribution in [1.29, 1.82) is 10.5 Å². The first-order valence-electron chi connectivity index (χ1n) is 7.68. The number of rotatable bonds is 2. The van der Waals surface area contributed by atoms with Gasteiger partial charge in [-0.3, -0.25) is 9.36 Å². The van der Waals surface area contributed by atoms with Gasteiger partial charge in [-0.25, -0.2) is 0 Å². The standard InChI is InChI=1S/C19H9ClN4O2S/c20-16-5-15-17(18(25)13(7-22)19(26)23-15)24(16)12-3-1-10(2-4-12)14-9-27-8-11(14)6-21/h1-5,8-9H,(H2,23,25,26). The van der Waals surface area contributed by atoms with Crippen LogP contribution in [0.5, 0.6) is 5.75 Å². The van der Waals surface area contributed by atoms with Crippen LogP contribution >= 0.6 is 22.9 Å². The summed E-state index contributed by atoms with van der Waals surface area (Å²) in [6.07, 6.45) is 0. The molecular weight excluding hydrogens is 384 g/mol. The number of nitriles is 2. The predicted octanol–water partition coefficient (Wildman–Crippen LogP) is 4.15. The fourth-order valence-corrected chi connectivity index (χ4v) is 4.05. The summed E-state index contributed by atoms with van der Waals surface area (Å²) < 4.78 is 1.55. The van der Waals surface area contributed by atoms with Crippen LogP contribution in [0, 0.1) is 22.7 Å².